The van der Waals surface area contributed by atoms with Crippen molar-refractivity contribution >= 4 is 10.1 Å². The Kier molecular flexibility index (Phi) is 3.84. The van der Waals surface area contributed by atoms with E-state index >= 15 is 0 Å². The summed E-state index contributed by atoms with van der Waals surface area (Å²) in [5, 5.41) is -1.22. The minimum absolute atomic E-state index is 1.11. The Morgan fingerprint density at radius 3 is 1.50 bits per heavy atom. The molecule has 0 aromatic heterocycles. The molecule has 0 aliphatic rings. The van der Waals surface area contributed by atoms with E-state index in [9.17, 15) is 30.4 Å². The Morgan fingerprint density at radius 1 is 0.833 bits per heavy atom. The lowest BCUT2D eigenvalue weighted by atomic mass is 10.3. The Bertz CT molecular complexity index is 553. The van der Waals surface area contributed by atoms with E-state index in [1.807, 2.05) is 0 Å². The second-order valence-electron chi connectivity index (χ2n) is 3.52. The number of hydrogen-bond acceptors (Lipinski definition) is 3. The van der Waals surface area contributed by atoms with Crippen LogP contribution < -0.4 is 4.18 Å². The monoisotopic (exact) mass is 290 g/mol. The maximum Gasteiger partial charge on any atom is 0.311 e. The minimum atomic E-state index is -4.48. The molecule has 0 unspecified atom stereocenters. The van der Waals surface area contributed by atoms with Crippen LogP contribution in [0.3, 0.4) is 0 Å². The molecular weight excluding hydrogens is 283 g/mol. The van der Waals surface area contributed by atoms with E-state index in [-0.39, 0.29) is 0 Å². The van der Waals surface area contributed by atoms with E-state index in [1.165, 1.54) is 0 Å². The molecule has 1 aromatic carbocycles. The van der Waals surface area contributed by atoms with E-state index in [0.29, 0.717) is 0 Å². The van der Waals surface area contributed by atoms with Gasteiger partial charge in [0.2, 0.25) is 34.8 Å². The second-order valence-corrected chi connectivity index (χ2v) is 5.62. The molecule has 1 aromatic rings. The van der Waals surface area contributed by atoms with Gasteiger partial charge in [-0.15, -0.1) is 0 Å². The Hall–Kier alpha value is -1.38. The van der Waals surface area contributed by atoms with Crippen molar-refractivity contribution in [3.63, 3.8) is 0 Å². The summed E-state index contributed by atoms with van der Waals surface area (Å²) < 4.78 is 90.7. The van der Waals surface area contributed by atoms with Crippen molar-refractivity contribution in [2.45, 2.75) is 19.1 Å². The van der Waals surface area contributed by atoms with Crippen molar-refractivity contribution in [3.8, 4) is 5.75 Å². The fraction of sp³-hybridized carbons (Fsp3) is 0.333. The fourth-order valence-electron chi connectivity index (χ4n) is 0.870. The molecule has 3 nitrogen and oxygen atoms in total. The molecule has 0 saturated heterocycles. The third-order valence-corrected chi connectivity index (χ3v) is 3.50. The summed E-state index contributed by atoms with van der Waals surface area (Å²) in [6.45, 7) is 2.22. The number of hydrogen-bond donors (Lipinski definition) is 0. The zero-order valence-corrected chi connectivity index (χ0v) is 9.92. The van der Waals surface area contributed by atoms with Crippen molar-refractivity contribution in [2.75, 3.05) is 0 Å². The highest BCUT2D eigenvalue weighted by atomic mass is 32.2. The molecule has 0 aliphatic carbocycles. The molecule has 102 valence electrons. The molecule has 0 N–H and O–H groups in total. The van der Waals surface area contributed by atoms with Gasteiger partial charge in [0.05, 0.1) is 5.25 Å². The highest BCUT2D eigenvalue weighted by molar-refractivity contribution is 7.87. The van der Waals surface area contributed by atoms with E-state index in [4.69, 9.17) is 0 Å². The van der Waals surface area contributed by atoms with Crippen molar-refractivity contribution in [1.82, 2.24) is 0 Å². The smallest absolute Gasteiger partial charge is 0.311 e. The molecule has 0 fully saturated rings. The van der Waals surface area contributed by atoms with Crippen LogP contribution in [0.1, 0.15) is 13.8 Å². The van der Waals surface area contributed by atoms with Gasteiger partial charge in [-0.05, 0) is 13.8 Å². The van der Waals surface area contributed by atoms with Gasteiger partial charge in [-0.3, -0.25) is 0 Å². The maximum absolute atomic E-state index is 13.1. The predicted molar refractivity (Wildman–Crippen MR) is 50.9 cm³/mol. The van der Waals surface area contributed by atoms with Crippen LogP contribution in [-0.2, 0) is 10.1 Å². The molecule has 0 amide bonds. The molecule has 0 heterocycles. The zero-order chi connectivity index (χ0) is 14.2. The molecule has 1 rings (SSSR count). The van der Waals surface area contributed by atoms with Gasteiger partial charge in [0.25, 0.3) is 0 Å². The van der Waals surface area contributed by atoms with E-state index in [1.54, 1.807) is 0 Å². The van der Waals surface area contributed by atoms with Gasteiger partial charge in [-0.1, -0.05) is 0 Å². The lowest BCUT2D eigenvalue weighted by Gasteiger charge is -2.12. The van der Waals surface area contributed by atoms with Gasteiger partial charge in [0, 0.05) is 0 Å². The summed E-state index contributed by atoms with van der Waals surface area (Å²) in [6.07, 6.45) is 0. The Balaban J connectivity index is 3.45. The third kappa shape index (κ3) is 2.40. The van der Waals surface area contributed by atoms with Crippen LogP contribution in [0.25, 0.3) is 0 Å². The fourth-order valence-corrected chi connectivity index (χ4v) is 1.44. The summed E-state index contributed by atoms with van der Waals surface area (Å²) in [5.74, 6) is -13.4. The molecule has 18 heavy (non-hydrogen) atoms. The zero-order valence-electron chi connectivity index (χ0n) is 9.10. The van der Waals surface area contributed by atoms with Crippen LogP contribution in [0.2, 0.25) is 0 Å². The van der Waals surface area contributed by atoms with Crippen molar-refractivity contribution < 1.29 is 34.6 Å². The molecular formula is C9H7F5O3S. The van der Waals surface area contributed by atoms with E-state index < -0.39 is 50.2 Å². The Labute approximate surface area is 99.3 Å². The lowest BCUT2D eigenvalue weighted by molar-refractivity contribution is 0.345. The minimum Gasteiger partial charge on any atom is -0.376 e. The average Bonchev–Trinajstić information content (AvgIpc) is 2.29. The molecule has 0 radical (unpaired) electrons. The SMILES string of the molecule is CC(C)S(=O)(=O)Oc1c(F)c(F)c(F)c(F)c1F. The molecule has 0 aliphatic heterocycles. The topological polar surface area (TPSA) is 43.4 Å². The van der Waals surface area contributed by atoms with Gasteiger partial charge in [-0.2, -0.15) is 17.2 Å². The summed E-state index contributed by atoms with van der Waals surface area (Å²) in [5.41, 5.74) is 0. The number of halogens is 5. The van der Waals surface area contributed by atoms with Crippen LogP contribution >= 0.6 is 0 Å². The van der Waals surface area contributed by atoms with Gasteiger partial charge in [0.1, 0.15) is 0 Å². The van der Waals surface area contributed by atoms with Crippen LogP contribution in [-0.4, -0.2) is 13.7 Å². The molecule has 0 atom stereocenters. The highest BCUT2D eigenvalue weighted by Gasteiger charge is 2.31. The quantitative estimate of drug-likeness (QED) is 0.372. The van der Waals surface area contributed by atoms with Crippen LogP contribution in [0.15, 0.2) is 0 Å². The molecule has 9 heteroatoms. The maximum atomic E-state index is 13.1. The van der Waals surface area contributed by atoms with Gasteiger partial charge >= 0.3 is 10.1 Å². The second kappa shape index (κ2) is 4.71. The highest BCUT2D eigenvalue weighted by Crippen LogP contribution is 2.30. The van der Waals surface area contributed by atoms with Crippen molar-refractivity contribution in [3.05, 3.63) is 29.1 Å². The molecule has 0 saturated carbocycles. The third-order valence-electron chi connectivity index (χ3n) is 1.95. The van der Waals surface area contributed by atoms with Crippen LogP contribution in [0, 0.1) is 29.1 Å². The van der Waals surface area contributed by atoms with Gasteiger partial charge < -0.3 is 4.18 Å². The molecule has 0 spiro atoms. The first-order chi connectivity index (χ1) is 8.09. The predicted octanol–water partition coefficient (Wildman–Crippen LogP) is 2.50. The largest absolute Gasteiger partial charge is 0.376 e. The first kappa shape index (κ1) is 14.7. The van der Waals surface area contributed by atoms with Crippen LogP contribution in [0.5, 0.6) is 5.75 Å². The summed E-state index contributed by atoms with van der Waals surface area (Å²) in [7, 11) is -4.48. The summed E-state index contributed by atoms with van der Waals surface area (Å²) in [4.78, 5) is 0. The first-order valence-corrected chi connectivity index (χ1v) is 6.01. The van der Waals surface area contributed by atoms with E-state index in [2.05, 4.69) is 4.18 Å². The summed E-state index contributed by atoms with van der Waals surface area (Å²) >= 11 is 0. The summed E-state index contributed by atoms with van der Waals surface area (Å²) in [6, 6.07) is 0. The average molecular weight is 290 g/mol. The number of rotatable bonds is 3. The van der Waals surface area contributed by atoms with Crippen molar-refractivity contribution in [1.29, 1.82) is 0 Å². The lowest BCUT2D eigenvalue weighted by Crippen LogP contribution is -2.22. The first-order valence-electron chi connectivity index (χ1n) is 4.54. The normalized spacial score (nSPS) is 12.0. The van der Waals surface area contributed by atoms with Crippen molar-refractivity contribution in [2.24, 2.45) is 0 Å². The Morgan fingerprint density at radius 2 is 1.17 bits per heavy atom. The standard InChI is InChI=1S/C9H7F5O3S/c1-3(2)18(15,16)17-9-7(13)5(11)4(10)6(12)8(9)14/h3H,1-2H3. The van der Waals surface area contributed by atoms with Gasteiger partial charge in [0.15, 0.2) is 0 Å². The molecule has 0 bridgehead atoms. The van der Waals surface area contributed by atoms with Gasteiger partial charge in [-0.25, -0.2) is 13.2 Å². The number of benzene rings is 1. The van der Waals surface area contributed by atoms with Crippen LogP contribution in [0.4, 0.5) is 22.0 Å². The van der Waals surface area contributed by atoms with E-state index in [0.717, 1.165) is 13.8 Å².